The van der Waals surface area contributed by atoms with Crippen LogP contribution in [0.15, 0.2) is 0 Å². The quantitative estimate of drug-likeness (QED) is 0.873. The molecule has 1 saturated carbocycles. The lowest BCUT2D eigenvalue weighted by Gasteiger charge is -2.27. The van der Waals surface area contributed by atoms with Crippen LogP contribution in [0.5, 0.6) is 0 Å². The van der Waals surface area contributed by atoms with Crippen LogP contribution in [-0.4, -0.2) is 48.0 Å². The van der Waals surface area contributed by atoms with Crippen molar-refractivity contribution in [3.8, 4) is 0 Å². The van der Waals surface area contributed by atoms with Crippen molar-refractivity contribution in [2.75, 3.05) is 37.0 Å². The Balaban J connectivity index is 1.75. The molecule has 1 saturated heterocycles. The topological polar surface area (TPSA) is 74.2 Å². The van der Waals surface area contributed by atoms with Gasteiger partial charge in [-0.2, -0.15) is 15.0 Å². The van der Waals surface area contributed by atoms with Crippen LogP contribution in [0.3, 0.4) is 0 Å². The highest BCUT2D eigenvalue weighted by atomic mass is 16.2. The van der Waals surface area contributed by atoms with Crippen LogP contribution in [0, 0.1) is 5.92 Å². The van der Waals surface area contributed by atoms with E-state index in [4.69, 9.17) is 0 Å². The predicted octanol–water partition coefficient (Wildman–Crippen LogP) is 0.954. The molecule has 1 amide bonds. The maximum Gasteiger partial charge on any atom is 0.230 e. The standard InChI is InChI=1S/C15H24N6O/c1-20(2)14-17-12(10-16-13(22)11-6-7-11)18-15(19-14)21-8-4-3-5-9-21/h11H,3-10H2,1-2H3,(H,16,22). The Bertz CT molecular complexity index is 537. The van der Waals surface area contributed by atoms with Crippen molar-refractivity contribution in [3.63, 3.8) is 0 Å². The molecule has 0 spiro atoms. The number of anilines is 2. The van der Waals surface area contributed by atoms with Crippen molar-refractivity contribution in [1.82, 2.24) is 20.3 Å². The van der Waals surface area contributed by atoms with Gasteiger partial charge in [0.25, 0.3) is 0 Å². The molecule has 0 unspecified atom stereocenters. The third-order valence-corrected chi connectivity index (χ3v) is 4.07. The fourth-order valence-electron chi connectivity index (χ4n) is 2.57. The summed E-state index contributed by atoms with van der Waals surface area (Å²) >= 11 is 0. The Morgan fingerprint density at radius 1 is 1.18 bits per heavy atom. The van der Waals surface area contributed by atoms with Crippen LogP contribution in [0.1, 0.15) is 37.9 Å². The SMILES string of the molecule is CN(C)c1nc(CNC(=O)C2CC2)nc(N2CCCCC2)n1. The van der Waals surface area contributed by atoms with E-state index < -0.39 is 0 Å². The zero-order valence-corrected chi connectivity index (χ0v) is 13.4. The summed E-state index contributed by atoms with van der Waals surface area (Å²) in [5.74, 6) is 2.33. The minimum Gasteiger partial charge on any atom is -0.349 e. The summed E-state index contributed by atoms with van der Waals surface area (Å²) in [6.07, 6.45) is 5.63. The molecule has 1 aliphatic carbocycles. The molecular formula is C15H24N6O. The van der Waals surface area contributed by atoms with E-state index in [0.29, 0.717) is 18.3 Å². The van der Waals surface area contributed by atoms with Crippen molar-refractivity contribution in [1.29, 1.82) is 0 Å². The van der Waals surface area contributed by atoms with E-state index in [1.807, 2.05) is 19.0 Å². The first-order valence-corrected chi connectivity index (χ1v) is 8.08. The van der Waals surface area contributed by atoms with Crippen LogP contribution in [0.25, 0.3) is 0 Å². The van der Waals surface area contributed by atoms with Gasteiger partial charge in [-0.1, -0.05) is 0 Å². The molecule has 0 aromatic carbocycles. The number of hydrogen-bond donors (Lipinski definition) is 1. The van der Waals surface area contributed by atoms with E-state index in [0.717, 1.165) is 31.9 Å². The van der Waals surface area contributed by atoms with Crippen LogP contribution < -0.4 is 15.1 Å². The molecular weight excluding hydrogens is 280 g/mol. The van der Waals surface area contributed by atoms with E-state index in [-0.39, 0.29) is 11.8 Å². The van der Waals surface area contributed by atoms with E-state index in [1.165, 1.54) is 19.3 Å². The van der Waals surface area contributed by atoms with E-state index in [1.54, 1.807) is 0 Å². The Labute approximate surface area is 131 Å². The zero-order chi connectivity index (χ0) is 15.5. The lowest BCUT2D eigenvalue weighted by Crippen LogP contribution is -2.33. The van der Waals surface area contributed by atoms with Gasteiger partial charge in [-0.05, 0) is 32.1 Å². The summed E-state index contributed by atoms with van der Waals surface area (Å²) in [7, 11) is 3.84. The molecule has 1 aromatic heterocycles. The molecule has 1 aromatic rings. The number of aromatic nitrogens is 3. The monoisotopic (exact) mass is 304 g/mol. The number of amides is 1. The van der Waals surface area contributed by atoms with Crippen LogP contribution in [-0.2, 0) is 11.3 Å². The molecule has 2 fully saturated rings. The molecule has 0 atom stereocenters. The lowest BCUT2D eigenvalue weighted by atomic mass is 10.1. The zero-order valence-electron chi connectivity index (χ0n) is 13.4. The van der Waals surface area contributed by atoms with Gasteiger partial charge < -0.3 is 15.1 Å². The third-order valence-electron chi connectivity index (χ3n) is 4.07. The van der Waals surface area contributed by atoms with E-state index in [9.17, 15) is 4.79 Å². The number of nitrogens with one attached hydrogen (secondary N) is 1. The Hall–Kier alpha value is -1.92. The molecule has 120 valence electrons. The second-order valence-electron chi connectivity index (χ2n) is 6.29. The third kappa shape index (κ3) is 3.64. The number of hydrogen-bond acceptors (Lipinski definition) is 6. The smallest absolute Gasteiger partial charge is 0.230 e. The maximum atomic E-state index is 11.8. The number of nitrogens with zero attached hydrogens (tertiary/aromatic N) is 5. The summed E-state index contributed by atoms with van der Waals surface area (Å²) < 4.78 is 0. The van der Waals surface area contributed by atoms with Crippen molar-refractivity contribution in [3.05, 3.63) is 5.82 Å². The highest BCUT2D eigenvalue weighted by Crippen LogP contribution is 2.28. The molecule has 0 radical (unpaired) electrons. The second kappa shape index (κ2) is 6.46. The van der Waals surface area contributed by atoms with Gasteiger partial charge in [-0.3, -0.25) is 4.79 Å². The van der Waals surface area contributed by atoms with Gasteiger partial charge >= 0.3 is 0 Å². The molecule has 1 N–H and O–H groups in total. The number of piperidine rings is 1. The predicted molar refractivity (Wildman–Crippen MR) is 84.8 cm³/mol. The molecule has 1 aliphatic heterocycles. The summed E-state index contributed by atoms with van der Waals surface area (Å²) in [6, 6.07) is 0. The summed E-state index contributed by atoms with van der Waals surface area (Å²) in [5, 5.41) is 2.93. The minimum atomic E-state index is 0.117. The first kappa shape index (κ1) is 15.0. The fourth-order valence-corrected chi connectivity index (χ4v) is 2.57. The van der Waals surface area contributed by atoms with Gasteiger partial charge in [0.15, 0.2) is 5.82 Å². The Kier molecular flexibility index (Phi) is 4.40. The van der Waals surface area contributed by atoms with Gasteiger partial charge in [0, 0.05) is 33.1 Å². The summed E-state index contributed by atoms with van der Waals surface area (Å²) in [6.45, 7) is 2.36. The molecule has 7 nitrogen and oxygen atoms in total. The van der Waals surface area contributed by atoms with Gasteiger partial charge in [0.1, 0.15) is 0 Å². The van der Waals surface area contributed by atoms with Crippen LogP contribution in [0.4, 0.5) is 11.9 Å². The summed E-state index contributed by atoms with van der Waals surface area (Å²) in [5.41, 5.74) is 0. The van der Waals surface area contributed by atoms with Crippen molar-refractivity contribution in [2.45, 2.75) is 38.6 Å². The average Bonchev–Trinajstić information content (AvgIpc) is 3.38. The first-order valence-electron chi connectivity index (χ1n) is 8.08. The van der Waals surface area contributed by atoms with Crippen LogP contribution >= 0.6 is 0 Å². The number of carbonyl (C=O) groups excluding carboxylic acids is 1. The van der Waals surface area contributed by atoms with Gasteiger partial charge in [0.2, 0.25) is 17.8 Å². The fraction of sp³-hybridized carbons (Fsp3) is 0.733. The summed E-state index contributed by atoms with van der Waals surface area (Å²) in [4.78, 5) is 29.4. The highest BCUT2D eigenvalue weighted by Gasteiger charge is 2.29. The maximum absolute atomic E-state index is 11.8. The highest BCUT2D eigenvalue weighted by molar-refractivity contribution is 5.80. The lowest BCUT2D eigenvalue weighted by molar-refractivity contribution is -0.122. The molecule has 0 bridgehead atoms. The molecule has 3 rings (SSSR count). The van der Waals surface area contributed by atoms with Crippen molar-refractivity contribution >= 4 is 17.8 Å². The Morgan fingerprint density at radius 2 is 1.91 bits per heavy atom. The molecule has 7 heteroatoms. The molecule has 2 aliphatic rings. The van der Waals surface area contributed by atoms with Crippen LogP contribution in [0.2, 0.25) is 0 Å². The van der Waals surface area contributed by atoms with Gasteiger partial charge in [0.05, 0.1) is 6.54 Å². The van der Waals surface area contributed by atoms with Gasteiger partial charge in [-0.25, -0.2) is 0 Å². The molecule has 22 heavy (non-hydrogen) atoms. The van der Waals surface area contributed by atoms with Crippen molar-refractivity contribution in [2.24, 2.45) is 5.92 Å². The van der Waals surface area contributed by atoms with Crippen molar-refractivity contribution < 1.29 is 4.79 Å². The normalized spacial score (nSPS) is 18.2. The molecule has 2 heterocycles. The van der Waals surface area contributed by atoms with Gasteiger partial charge in [-0.15, -0.1) is 0 Å². The van der Waals surface area contributed by atoms with E-state index >= 15 is 0 Å². The first-order chi connectivity index (χ1) is 10.6. The largest absolute Gasteiger partial charge is 0.349 e. The Morgan fingerprint density at radius 3 is 2.55 bits per heavy atom. The van der Waals surface area contributed by atoms with E-state index in [2.05, 4.69) is 25.2 Å². The minimum absolute atomic E-state index is 0.117. The second-order valence-corrected chi connectivity index (χ2v) is 6.29. The average molecular weight is 304 g/mol. The number of rotatable bonds is 5. The number of carbonyl (C=O) groups is 1.